The molecule has 5 nitrogen and oxygen atoms in total. The standard InChI is InChI=1S/C9H14O.C8H11NO3/c1-9(2,10)8-6-4-3-5-7-8;1-3-4-6(10)9-5-7(11)12-8(4,5)2/h4,6-7,10H,3,5H2,1-2H3;4-5H,3H2,1-2H3,(H,9,10)/t;4?,5-,8-/m.0/s1. The van der Waals surface area contributed by atoms with E-state index in [9.17, 15) is 14.7 Å². The van der Waals surface area contributed by atoms with Gasteiger partial charge in [-0.25, -0.2) is 4.79 Å². The third-order valence-electron chi connectivity index (χ3n) is 4.53. The minimum absolute atomic E-state index is 0.0594. The fourth-order valence-electron chi connectivity index (χ4n) is 3.15. The lowest BCUT2D eigenvalue weighted by Crippen LogP contribution is -2.62. The fraction of sp³-hybridized carbons (Fsp3) is 0.647. The van der Waals surface area contributed by atoms with Crippen LogP contribution in [0.15, 0.2) is 23.8 Å². The van der Waals surface area contributed by atoms with Gasteiger partial charge in [0.2, 0.25) is 5.91 Å². The van der Waals surface area contributed by atoms with Crippen LogP contribution in [-0.4, -0.2) is 34.2 Å². The molecular formula is C17H25NO4. The van der Waals surface area contributed by atoms with Crippen LogP contribution in [0.1, 0.15) is 47.0 Å². The molecule has 3 aliphatic rings. The molecule has 22 heavy (non-hydrogen) atoms. The Hall–Kier alpha value is -1.62. The molecule has 2 saturated heterocycles. The van der Waals surface area contributed by atoms with E-state index < -0.39 is 17.2 Å². The number of esters is 1. The van der Waals surface area contributed by atoms with Gasteiger partial charge >= 0.3 is 5.97 Å². The Labute approximate surface area is 131 Å². The number of rotatable bonds is 2. The molecule has 3 rings (SSSR count). The Balaban J connectivity index is 0.000000164. The van der Waals surface area contributed by atoms with Crippen molar-refractivity contribution in [1.29, 1.82) is 0 Å². The highest BCUT2D eigenvalue weighted by Gasteiger charge is 2.64. The summed E-state index contributed by atoms with van der Waals surface area (Å²) < 4.78 is 5.00. The Bertz CT molecular complexity index is 529. The number of allylic oxidation sites excluding steroid dienone is 2. The van der Waals surface area contributed by atoms with E-state index in [1.54, 1.807) is 0 Å². The minimum Gasteiger partial charge on any atom is -0.454 e. The summed E-state index contributed by atoms with van der Waals surface area (Å²) in [5.74, 6) is -0.530. The molecule has 0 saturated carbocycles. The number of nitrogens with one attached hydrogen (secondary N) is 1. The summed E-state index contributed by atoms with van der Waals surface area (Å²) in [4.78, 5) is 22.2. The number of aliphatic hydroxyl groups is 1. The second-order valence-electron chi connectivity index (χ2n) is 6.71. The average Bonchev–Trinajstić information content (AvgIpc) is 2.66. The van der Waals surface area contributed by atoms with Crippen LogP contribution >= 0.6 is 0 Å². The van der Waals surface area contributed by atoms with Crippen LogP contribution in [-0.2, 0) is 14.3 Å². The lowest BCUT2D eigenvalue weighted by atomic mass is 9.81. The van der Waals surface area contributed by atoms with Crippen LogP contribution in [0.4, 0.5) is 0 Å². The molecule has 122 valence electrons. The quantitative estimate of drug-likeness (QED) is 0.764. The number of carbonyl (C=O) groups excluding carboxylic acids is 2. The van der Waals surface area contributed by atoms with E-state index in [1.807, 2.05) is 33.8 Å². The van der Waals surface area contributed by atoms with Crippen molar-refractivity contribution in [2.24, 2.45) is 5.92 Å². The van der Waals surface area contributed by atoms with E-state index in [0.717, 1.165) is 18.4 Å². The predicted molar refractivity (Wildman–Crippen MR) is 83.0 cm³/mol. The maximum Gasteiger partial charge on any atom is 0.333 e. The van der Waals surface area contributed by atoms with Gasteiger partial charge in [-0.05, 0) is 45.6 Å². The molecule has 1 aliphatic carbocycles. The van der Waals surface area contributed by atoms with E-state index in [2.05, 4.69) is 17.5 Å². The largest absolute Gasteiger partial charge is 0.454 e. The van der Waals surface area contributed by atoms with Gasteiger partial charge in [0, 0.05) is 0 Å². The Morgan fingerprint density at radius 2 is 2.09 bits per heavy atom. The summed E-state index contributed by atoms with van der Waals surface area (Å²) >= 11 is 0. The van der Waals surface area contributed by atoms with Crippen molar-refractivity contribution < 1.29 is 19.4 Å². The molecule has 3 atom stereocenters. The Morgan fingerprint density at radius 3 is 2.45 bits per heavy atom. The molecule has 1 unspecified atom stereocenters. The molecule has 0 radical (unpaired) electrons. The number of amides is 1. The number of hydrogen-bond acceptors (Lipinski definition) is 4. The molecule has 0 bridgehead atoms. The van der Waals surface area contributed by atoms with Crippen LogP contribution in [0, 0.1) is 5.92 Å². The van der Waals surface area contributed by atoms with Crippen molar-refractivity contribution in [2.75, 3.05) is 0 Å². The first-order valence-corrected chi connectivity index (χ1v) is 7.83. The summed E-state index contributed by atoms with van der Waals surface area (Å²) in [5.41, 5.74) is -0.182. The highest BCUT2D eigenvalue weighted by Crippen LogP contribution is 2.41. The second-order valence-corrected chi connectivity index (χ2v) is 6.71. The van der Waals surface area contributed by atoms with Crippen molar-refractivity contribution in [1.82, 2.24) is 5.32 Å². The lowest BCUT2D eigenvalue weighted by Gasteiger charge is -2.41. The molecule has 0 aromatic carbocycles. The zero-order valence-electron chi connectivity index (χ0n) is 13.7. The van der Waals surface area contributed by atoms with E-state index in [1.165, 1.54) is 0 Å². The average molecular weight is 307 g/mol. The first-order chi connectivity index (χ1) is 10.2. The van der Waals surface area contributed by atoms with Gasteiger partial charge in [-0.3, -0.25) is 4.79 Å². The van der Waals surface area contributed by atoms with Gasteiger partial charge in [0.25, 0.3) is 0 Å². The van der Waals surface area contributed by atoms with Crippen LogP contribution in [0.25, 0.3) is 0 Å². The van der Waals surface area contributed by atoms with Crippen LogP contribution < -0.4 is 5.32 Å². The van der Waals surface area contributed by atoms with Gasteiger partial charge in [0.1, 0.15) is 0 Å². The summed E-state index contributed by atoms with van der Waals surface area (Å²) in [6, 6.07) is -0.394. The first kappa shape index (κ1) is 16.7. The van der Waals surface area contributed by atoms with Crippen molar-refractivity contribution in [3.05, 3.63) is 23.8 Å². The zero-order valence-corrected chi connectivity index (χ0v) is 13.7. The molecule has 1 amide bonds. The van der Waals surface area contributed by atoms with Crippen LogP contribution in [0.3, 0.4) is 0 Å². The molecule has 0 spiro atoms. The SMILES string of the molecule is CC(C)(O)C1=CCCC=C1.CCC1C(=O)N[C@H]2C(=O)O[C@@]12C. The maximum atomic E-state index is 11.3. The van der Waals surface area contributed by atoms with Crippen molar-refractivity contribution >= 4 is 11.9 Å². The fourth-order valence-corrected chi connectivity index (χ4v) is 3.15. The monoisotopic (exact) mass is 307 g/mol. The minimum atomic E-state index is -0.656. The van der Waals surface area contributed by atoms with Crippen molar-refractivity contribution in [2.45, 2.75) is 64.2 Å². The highest BCUT2D eigenvalue weighted by atomic mass is 16.6. The molecule has 2 N–H and O–H groups in total. The molecule has 5 heteroatoms. The molecule has 2 fully saturated rings. The maximum absolute atomic E-state index is 11.3. The van der Waals surface area contributed by atoms with E-state index >= 15 is 0 Å². The molecule has 2 heterocycles. The molecular weight excluding hydrogens is 282 g/mol. The number of fused-ring (bicyclic) bond motifs is 1. The van der Waals surface area contributed by atoms with Gasteiger partial charge in [0.15, 0.2) is 11.6 Å². The van der Waals surface area contributed by atoms with Gasteiger partial charge in [0.05, 0.1) is 11.5 Å². The molecule has 0 aromatic rings. The smallest absolute Gasteiger partial charge is 0.333 e. The molecule has 2 aliphatic heterocycles. The summed E-state index contributed by atoms with van der Waals surface area (Å²) in [6.07, 6.45) is 9.10. The third kappa shape index (κ3) is 2.95. The molecule has 0 aromatic heterocycles. The second kappa shape index (κ2) is 5.88. The Kier molecular flexibility index (Phi) is 4.47. The predicted octanol–water partition coefficient (Wildman–Crippen LogP) is 1.86. The summed E-state index contributed by atoms with van der Waals surface area (Å²) in [6.45, 7) is 7.36. The van der Waals surface area contributed by atoms with Crippen LogP contribution in [0.5, 0.6) is 0 Å². The van der Waals surface area contributed by atoms with Crippen molar-refractivity contribution in [3.8, 4) is 0 Å². The van der Waals surface area contributed by atoms with E-state index in [4.69, 9.17) is 4.74 Å². The summed E-state index contributed by atoms with van der Waals surface area (Å²) in [7, 11) is 0. The normalized spacial score (nSPS) is 32.9. The first-order valence-electron chi connectivity index (χ1n) is 7.83. The Morgan fingerprint density at radius 1 is 1.41 bits per heavy atom. The number of hydrogen-bond donors (Lipinski definition) is 2. The van der Waals surface area contributed by atoms with E-state index in [-0.39, 0.29) is 17.8 Å². The van der Waals surface area contributed by atoms with Crippen molar-refractivity contribution in [3.63, 3.8) is 0 Å². The number of carbonyl (C=O) groups is 2. The van der Waals surface area contributed by atoms with Gasteiger partial charge in [-0.15, -0.1) is 0 Å². The highest BCUT2D eigenvalue weighted by molar-refractivity contribution is 5.97. The summed E-state index contributed by atoms with van der Waals surface area (Å²) in [5, 5.41) is 12.2. The van der Waals surface area contributed by atoms with Crippen LogP contribution in [0.2, 0.25) is 0 Å². The lowest BCUT2D eigenvalue weighted by molar-refractivity contribution is -0.198. The van der Waals surface area contributed by atoms with Gasteiger partial charge in [-0.2, -0.15) is 0 Å². The topological polar surface area (TPSA) is 75.6 Å². The third-order valence-corrected chi connectivity index (χ3v) is 4.53. The van der Waals surface area contributed by atoms with Gasteiger partial charge in [-0.1, -0.05) is 25.2 Å². The number of ether oxygens (including phenoxy) is 1. The van der Waals surface area contributed by atoms with E-state index in [0.29, 0.717) is 6.42 Å². The van der Waals surface area contributed by atoms with Gasteiger partial charge < -0.3 is 15.2 Å². The zero-order chi connectivity index (χ0) is 16.5.